The van der Waals surface area contributed by atoms with Gasteiger partial charge in [0.05, 0.1) is 11.4 Å². The number of amides is 1. The average molecular weight is 348 g/mol. The highest BCUT2D eigenvalue weighted by atomic mass is 16.2. The van der Waals surface area contributed by atoms with Gasteiger partial charge in [0.2, 0.25) is 0 Å². The van der Waals surface area contributed by atoms with Gasteiger partial charge in [-0.2, -0.15) is 0 Å². The number of hydrogen-bond donors (Lipinski definition) is 0. The minimum Gasteiger partial charge on any atom is -0.309 e. The Balaban J connectivity index is 2.32. The zero-order valence-corrected chi connectivity index (χ0v) is 16.8. The molecule has 0 atom stereocenters. The Morgan fingerprint density at radius 1 is 0.885 bits per heavy atom. The molecule has 0 unspecified atom stereocenters. The minimum atomic E-state index is -0.0225. The van der Waals surface area contributed by atoms with Gasteiger partial charge in [0.25, 0.3) is 5.91 Å². The largest absolute Gasteiger partial charge is 0.309 e. The van der Waals surface area contributed by atoms with Crippen LogP contribution in [0.4, 0.5) is 11.4 Å². The van der Waals surface area contributed by atoms with Gasteiger partial charge >= 0.3 is 0 Å². The van der Waals surface area contributed by atoms with Gasteiger partial charge in [-0.05, 0) is 47.9 Å². The minimum absolute atomic E-state index is 0.0225. The molecule has 3 nitrogen and oxygen atoms in total. The van der Waals surface area contributed by atoms with Gasteiger partial charge < -0.3 is 4.90 Å². The molecular formula is C23H28N2O. The average Bonchev–Trinajstić information content (AvgIpc) is 2.84. The summed E-state index contributed by atoms with van der Waals surface area (Å²) in [6.07, 6.45) is 0. The van der Waals surface area contributed by atoms with Crippen LogP contribution in [0.25, 0.3) is 0 Å². The summed E-state index contributed by atoms with van der Waals surface area (Å²) in [5.74, 6) is 0.673. The number of para-hydroxylation sites is 1. The Kier molecular flexibility index (Phi) is 4.74. The van der Waals surface area contributed by atoms with Crippen LogP contribution in [-0.4, -0.2) is 18.7 Å². The Morgan fingerprint density at radius 3 is 1.96 bits per heavy atom. The number of fused-ring (bicyclic) bond motifs is 1. The fourth-order valence-electron chi connectivity index (χ4n) is 3.75. The monoisotopic (exact) mass is 348 g/mol. The molecule has 1 aliphatic heterocycles. The molecule has 0 aromatic heterocycles. The summed E-state index contributed by atoms with van der Waals surface area (Å²) >= 11 is 0. The molecule has 0 N–H and O–H groups in total. The van der Waals surface area contributed by atoms with Gasteiger partial charge in [-0.3, -0.25) is 4.79 Å². The first-order valence-electron chi connectivity index (χ1n) is 9.34. The molecule has 136 valence electrons. The van der Waals surface area contributed by atoms with Crippen LogP contribution in [0.2, 0.25) is 0 Å². The van der Waals surface area contributed by atoms with Gasteiger partial charge in [0, 0.05) is 12.6 Å². The number of rotatable bonds is 3. The van der Waals surface area contributed by atoms with Crippen LogP contribution in [0, 0.1) is 13.8 Å². The van der Waals surface area contributed by atoms with Crippen molar-refractivity contribution in [2.75, 3.05) is 11.9 Å². The highest BCUT2D eigenvalue weighted by Crippen LogP contribution is 2.39. The van der Waals surface area contributed by atoms with Crippen LogP contribution < -0.4 is 4.90 Å². The van der Waals surface area contributed by atoms with E-state index < -0.39 is 0 Å². The highest BCUT2D eigenvalue weighted by Gasteiger charge is 2.34. The molecule has 0 aliphatic carbocycles. The summed E-state index contributed by atoms with van der Waals surface area (Å²) in [5.41, 5.74) is 8.08. The maximum Gasteiger partial charge on any atom is 0.277 e. The molecule has 0 radical (unpaired) electrons. The number of anilines is 1. The predicted octanol–water partition coefficient (Wildman–Crippen LogP) is 5.65. The van der Waals surface area contributed by atoms with E-state index in [9.17, 15) is 4.79 Å². The Hall–Kier alpha value is -2.42. The maximum atomic E-state index is 13.0. The van der Waals surface area contributed by atoms with E-state index in [2.05, 4.69) is 65.0 Å². The zero-order valence-electron chi connectivity index (χ0n) is 16.8. The molecule has 0 bridgehead atoms. The molecule has 3 heteroatoms. The second-order valence-electron chi connectivity index (χ2n) is 7.84. The first kappa shape index (κ1) is 18.4. The van der Waals surface area contributed by atoms with E-state index in [-0.39, 0.29) is 5.91 Å². The maximum absolute atomic E-state index is 13.0. The number of likely N-dealkylation sites (N-methyl/N-ethyl adjacent to an activating group) is 1. The topological polar surface area (TPSA) is 32.7 Å². The lowest BCUT2D eigenvalue weighted by Crippen LogP contribution is -2.25. The van der Waals surface area contributed by atoms with Crippen molar-refractivity contribution in [3.8, 4) is 0 Å². The quantitative estimate of drug-likeness (QED) is 0.705. The molecule has 2 aromatic rings. The van der Waals surface area contributed by atoms with Crippen molar-refractivity contribution in [1.29, 1.82) is 0 Å². The van der Waals surface area contributed by atoms with Gasteiger partial charge in [0.1, 0.15) is 5.71 Å². The molecule has 3 rings (SSSR count). The van der Waals surface area contributed by atoms with E-state index >= 15 is 0 Å². The predicted molar refractivity (Wildman–Crippen MR) is 110 cm³/mol. The van der Waals surface area contributed by atoms with Gasteiger partial charge in [-0.1, -0.05) is 58.0 Å². The van der Waals surface area contributed by atoms with Crippen LogP contribution in [0.15, 0.2) is 35.3 Å². The zero-order chi connectivity index (χ0) is 19.2. The van der Waals surface area contributed by atoms with Crippen molar-refractivity contribution in [1.82, 2.24) is 0 Å². The summed E-state index contributed by atoms with van der Waals surface area (Å²) in [7, 11) is 1.84. The van der Waals surface area contributed by atoms with Crippen LogP contribution in [0.3, 0.4) is 0 Å². The van der Waals surface area contributed by atoms with Crippen molar-refractivity contribution >= 4 is 23.0 Å². The van der Waals surface area contributed by atoms with Gasteiger partial charge in [-0.15, -0.1) is 0 Å². The van der Waals surface area contributed by atoms with E-state index in [0.717, 1.165) is 28.1 Å². The van der Waals surface area contributed by atoms with Crippen molar-refractivity contribution in [3.63, 3.8) is 0 Å². The third-order valence-corrected chi connectivity index (χ3v) is 5.23. The molecule has 1 aliphatic rings. The summed E-state index contributed by atoms with van der Waals surface area (Å²) in [6, 6.07) is 10.5. The summed E-state index contributed by atoms with van der Waals surface area (Å²) in [5, 5.41) is 0. The fraction of sp³-hybridized carbons (Fsp3) is 0.391. The molecule has 1 amide bonds. The smallest absolute Gasteiger partial charge is 0.277 e. The van der Waals surface area contributed by atoms with Crippen LogP contribution >= 0.6 is 0 Å². The summed E-state index contributed by atoms with van der Waals surface area (Å²) in [6.45, 7) is 12.8. The number of nitrogens with zero attached hydrogens (tertiary/aromatic N) is 2. The van der Waals surface area contributed by atoms with Crippen molar-refractivity contribution in [2.45, 2.75) is 53.4 Å². The first-order valence-corrected chi connectivity index (χ1v) is 9.34. The number of benzene rings is 2. The fourth-order valence-corrected chi connectivity index (χ4v) is 3.75. The molecule has 2 aromatic carbocycles. The molecule has 0 saturated heterocycles. The number of carbonyl (C=O) groups excluding carboxylic acids is 1. The Bertz CT molecular complexity index is 880. The van der Waals surface area contributed by atoms with E-state index in [1.165, 1.54) is 11.1 Å². The molecular weight excluding hydrogens is 320 g/mol. The summed E-state index contributed by atoms with van der Waals surface area (Å²) < 4.78 is 0. The van der Waals surface area contributed by atoms with E-state index in [1.54, 1.807) is 4.90 Å². The lowest BCUT2D eigenvalue weighted by Gasteiger charge is -2.17. The lowest BCUT2D eigenvalue weighted by atomic mass is 9.92. The Labute approximate surface area is 156 Å². The first-order chi connectivity index (χ1) is 12.2. The van der Waals surface area contributed by atoms with E-state index in [1.807, 2.05) is 14.0 Å². The molecule has 0 saturated carbocycles. The molecule has 0 spiro atoms. The number of aliphatic imine (C=N–C) groups is 1. The Morgan fingerprint density at radius 2 is 1.42 bits per heavy atom. The van der Waals surface area contributed by atoms with E-state index in [0.29, 0.717) is 17.5 Å². The second-order valence-corrected chi connectivity index (χ2v) is 7.84. The molecule has 26 heavy (non-hydrogen) atoms. The van der Waals surface area contributed by atoms with Crippen LogP contribution in [0.1, 0.15) is 67.3 Å². The van der Waals surface area contributed by atoms with Crippen molar-refractivity contribution < 1.29 is 4.79 Å². The van der Waals surface area contributed by atoms with Crippen LogP contribution in [0.5, 0.6) is 0 Å². The third-order valence-electron chi connectivity index (χ3n) is 5.23. The standard InChI is InChI=1S/C23H28N2O/c1-13(2)17-9-8-10-18(14(3)4)20(17)24-21-19-15(5)11-12-16(6)22(19)25(7)23(21)26/h8-14H,1-7H3. The lowest BCUT2D eigenvalue weighted by molar-refractivity contribution is -0.111. The van der Waals surface area contributed by atoms with Crippen molar-refractivity contribution in [2.24, 2.45) is 4.99 Å². The molecule has 1 heterocycles. The van der Waals surface area contributed by atoms with E-state index in [4.69, 9.17) is 4.99 Å². The number of aryl methyl sites for hydroxylation is 2. The number of carbonyl (C=O) groups is 1. The molecule has 0 fully saturated rings. The van der Waals surface area contributed by atoms with Gasteiger partial charge in [0.15, 0.2) is 0 Å². The van der Waals surface area contributed by atoms with Gasteiger partial charge in [-0.25, -0.2) is 4.99 Å². The normalized spacial score (nSPS) is 15.5. The number of hydrogen-bond acceptors (Lipinski definition) is 2. The highest BCUT2D eigenvalue weighted by molar-refractivity contribution is 6.55. The third kappa shape index (κ3) is 2.86. The van der Waals surface area contributed by atoms with Crippen molar-refractivity contribution in [3.05, 3.63) is 58.1 Å². The SMILES string of the molecule is Cc1ccc(C)c2c1C(=Nc1c(C(C)C)cccc1C(C)C)C(=O)N2C. The second kappa shape index (κ2) is 6.71. The van der Waals surface area contributed by atoms with Crippen LogP contribution in [-0.2, 0) is 4.79 Å². The summed E-state index contributed by atoms with van der Waals surface area (Å²) in [4.78, 5) is 19.8.